The Balaban J connectivity index is 1.63. The molecule has 1 heterocycles. The van der Waals surface area contributed by atoms with Crippen molar-refractivity contribution in [2.24, 2.45) is 0 Å². The van der Waals surface area contributed by atoms with Crippen LogP contribution in [0.2, 0.25) is 0 Å². The number of rotatable bonds is 7. The first-order valence-electron chi connectivity index (χ1n) is 10.3. The Morgan fingerprint density at radius 2 is 1.76 bits per heavy atom. The molecule has 0 spiro atoms. The van der Waals surface area contributed by atoms with Crippen molar-refractivity contribution in [2.45, 2.75) is 19.4 Å². The highest BCUT2D eigenvalue weighted by Crippen LogP contribution is 2.22. The maximum absolute atomic E-state index is 13.9. The van der Waals surface area contributed by atoms with E-state index in [9.17, 15) is 23.7 Å². The van der Waals surface area contributed by atoms with Crippen LogP contribution in [-0.2, 0) is 6.42 Å². The van der Waals surface area contributed by atoms with E-state index in [0.717, 1.165) is 0 Å². The molecule has 0 fully saturated rings. The minimum atomic E-state index is -0.674. The summed E-state index contributed by atoms with van der Waals surface area (Å²) in [7, 11) is 0. The van der Waals surface area contributed by atoms with E-state index in [0.29, 0.717) is 22.5 Å². The number of benzene rings is 3. The molecular weight excluding hydrogens is 444 g/mol. The number of carbonyl (C=O) groups excluding carboxylic acids is 1. The first kappa shape index (κ1) is 22.7. The quantitative estimate of drug-likeness (QED) is 0.322. The maximum atomic E-state index is 13.9. The largest absolute Gasteiger partial charge is 0.343 e. The third kappa shape index (κ3) is 4.96. The first-order valence-corrected chi connectivity index (χ1v) is 10.3. The maximum Gasteiger partial charge on any atom is 0.274 e. The summed E-state index contributed by atoms with van der Waals surface area (Å²) in [5.74, 6) is -1.46. The molecule has 0 saturated heterocycles. The molecule has 4 rings (SSSR count). The summed E-state index contributed by atoms with van der Waals surface area (Å²) >= 11 is 0. The van der Waals surface area contributed by atoms with Crippen LogP contribution in [-0.4, -0.2) is 25.8 Å². The normalized spacial score (nSPS) is 11.7. The van der Waals surface area contributed by atoms with Gasteiger partial charge in [-0.1, -0.05) is 35.5 Å². The average Bonchev–Trinajstić information content (AvgIpc) is 3.20. The van der Waals surface area contributed by atoms with E-state index < -0.39 is 28.5 Å². The highest BCUT2D eigenvalue weighted by atomic mass is 19.1. The molecule has 3 aromatic carbocycles. The molecule has 1 N–H and O–H groups in total. The van der Waals surface area contributed by atoms with Crippen molar-refractivity contribution < 1.29 is 18.5 Å². The number of carbonyl (C=O) groups is 1. The lowest BCUT2D eigenvalue weighted by molar-refractivity contribution is -0.384. The van der Waals surface area contributed by atoms with Crippen molar-refractivity contribution in [2.75, 3.05) is 0 Å². The van der Waals surface area contributed by atoms with Gasteiger partial charge in [0.25, 0.3) is 11.6 Å². The van der Waals surface area contributed by atoms with Gasteiger partial charge >= 0.3 is 0 Å². The number of hydrogen-bond acceptors (Lipinski definition) is 5. The molecule has 0 aliphatic carbocycles. The van der Waals surface area contributed by atoms with Crippen LogP contribution in [0, 0.1) is 28.7 Å². The Morgan fingerprint density at radius 1 is 1.06 bits per heavy atom. The second-order valence-electron chi connectivity index (χ2n) is 7.63. The number of nitrogens with one attached hydrogen (secondary N) is 1. The molecule has 1 unspecified atom stereocenters. The van der Waals surface area contributed by atoms with Crippen LogP contribution in [0.4, 0.5) is 14.5 Å². The van der Waals surface area contributed by atoms with E-state index in [-0.39, 0.29) is 17.8 Å². The Kier molecular flexibility index (Phi) is 6.39. The summed E-state index contributed by atoms with van der Waals surface area (Å²) in [6.45, 7) is 1.61. The summed E-state index contributed by atoms with van der Waals surface area (Å²) in [6, 6.07) is 16.8. The molecule has 0 aliphatic rings. The van der Waals surface area contributed by atoms with Crippen molar-refractivity contribution in [3.63, 3.8) is 0 Å². The van der Waals surface area contributed by atoms with Crippen molar-refractivity contribution in [1.82, 2.24) is 20.3 Å². The van der Waals surface area contributed by atoms with Gasteiger partial charge in [0.2, 0.25) is 0 Å². The highest BCUT2D eigenvalue weighted by Gasteiger charge is 2.23. The summed E-state index contributed by atoms with van der Waals surface area (Å²) in [5, 5.41) is 21.8. The number of non-ortho nitro benzene ring substituents is 1. The molecule has 1 amide bonds. The lowest BCUT2D eigenvalue weighted by Crippen LogP contribution is -2.31. The Hall–Kier alpha value is -4.47. The number of nitro benzene ring substituents is 1. The average molecular weight is 463 g/mol. The van der Waals surface area contributed by atoms with Crippen LogP contribution in [0.3, 0.4) is 0 Å². The molecule has 4 aromatic rings. The van der Waals surface area contributed by atoms with Crippen molar-refractivity contribution in [1.29, 1.82) is 0 Å². The van der Waals surface area contributed by atoms with Crippen molar-refractivity contribution in [3.05, 3.63) is 117 Å². The standard InChI is InChI=1S/C24H19F2N5O3/c1-15-23(28-29-30(15)20-9-4-10-21(14-20)31(33)34)24(32)27-22(17-6-3-8-19(26)13-17)12-16-5-2-7-18(25)11-16/h2-11,13-14,22H,12H2,1H3,(H,27,32). The zero-order chi connectivity index (χ0) is 24.2. The zero-order valence-electron chi connectivity index (χ0n) is 18.0. The number of hydrogen-bond donors (Lipinski definition) is 1. The molecule has 0 bridgehead atoms. The Morgan fingerprint density at radius 3 is 2.47 bits per heavy atom. The molecule has 34 heavy (non-hydrogen) atoms. The molecule has 1 atom stereocenters. The molecule has 0 aliphatic heterocycles. The third-order valence-corrected chi connectivity index (χ3v) is 5.28. The van der Waals surface area contributed by atoms with Gasteiger partial charge in [0.1, 0.15) is 11.6 Å². The monoisotopic (exact) mass is 463 g/mol. The lowest BCUT2D eigenvalue weighted by Gasteiger charge is -2.19. The SMILES string of the molecule is Cc1c(C(=O)NC(Cc2cccc(F)c2)c2cccc(F)c2)nnn1-c1cccc([N+](=O)[O-])c1. The molecular formula is C24H19F2N5O3. The predicted octanol–water partition coefficient (Wildman–Crippen LogP) is 4.48. The van der Waals surface area contributed by atoms with Gasteiger partial charge < -0.3 is 5.32 Å². The second kappa shape index (κ2) is 9.57. The van der Waals surface area contributed by atoms with Gasteiger partial charge in [-0.3, -0.25) is 14.9 Å². The number of aromatic nitrogens is 3. The van der Waals surface area contributed by atoms with E-state index in [2.05, 4.69) is 15.6 Å². The van der Waals surface area contributed by atoms with Gasteiger partial charge in [-0.2, -0.15) is 0 Å². The van der Waals surface area contributed by atoms with Gasteiger partial charge in [0.15, 0.2) is 5.69 Å². The minimum Gasteiger partial charge on any atom is -0.343 e. The van der Waals surface area contributed by atoms with Crippen LogP contribution in [0.5, 0.6) is 0 Å². The van der Waals surface area contributed by atoms with Gasteiger partial charge in [-0.05, 0) is 54.8 Å². The van der Waals surface area contributed by atoms with Crippen LogP contribution in [0.15, 0.2) is 72.8 Å². The number of amides is 1. The number of nitro groups is 1. The van der Waals surface area contributed by atoms with E-state index >= 15 is 0 Å². The van der Waals surface area contributed by atoms with Crippen LogP contribution in [0.1, 0.15) is 33.4 Å². The van der Waals surface area contributed by atoms with Gasteiger partial charge in [-0.15, -0.1) is 5.10 Å². The van der Waals surface area contributed by atoms with Crippen LogP contribution in [0.25, 0.3) is 5.69 Å². The molecule has 0 radical (unpaired) electrons. The smallest absolute Gasteiger partial charge is 0.274 e. The Labute approximate surface area is 193 Å². The van der Waals surface area contributed by atoms with Gasteiger partial charge in [0, 0.05) is 12.1 Å². The summed E-state index contributed by atoms with van der Waals surface area (Å²) < 4.78 is 28.9. The molecule has 0 saturated carbocycles. The molecule has 10 heteroatoms. The molecule has 172 valence electrons. The first-order chi connectivity index (χ1) is 16.3. The summed E-state index contributed by atoms with van der Waals surface area (Å²) in [5.41, 5.74) is 1.74. The number of halogens is 2. The van der Waals surface area contributed by atoms with Gasteiger partial charge in [0.05, 0.1) is 22.3 Å². The summed E-state index contributed by atoms with van der Waals surface area (Å²) in [6.07, 6.45) is 0.213. The lowest BCUT2D eigenvalue weighted by atomic mass is 9.98. The van der Waals surface area contributed by atoms with E-state index in [1.807, 2.05) is 0 Å². The van der Waals surface area contributed by atoms with Crippen molar-refractivity contribution >= 4 is 11.6 Å². The fourth-order valence-electron chi connectivity index (χ4n) is 3.62. The molecule has 8 nitrogen and oxygen atoms in total. The van der Waals surface area contributed by atoms with Crippen LogP contribution >= 0.6 is 0 Å². The summed E-state index contributed by atoms with van der Waals surface area (Å²) in [4.78, 5) is 23.7. The predicted molar refractivity (Wildman–Crippen MR) is 119 cm³/mol. The minimum absolute atomic E-state index is 0.00662. The third-order valence-electron chi connectivity index (χ3n) is 5.28. The topological polar surface area (TPSA) is 103 Å². The van der Waals surface area contributed by atoms with E-state index in [1.165, 1.54) is 53.2 Å². The molecule has 1 aromatic heterocycles. The number of nitrogens with zero attached hydrogens (tertiary/aromatic N) is 4. The van der Waals surface area contributed by atoms with Gasteiger partial charge in [-0.25, -0.2) is 13.5 Å². The fraction of sp³-hybridized carbons (Fsp3) is 0.125. The Bertz CT molecular complexity index is 1370. The van der Waals surface area contributed by atoms with Crippen molar-refractivity contribution in [3.8, 4) is 5.69 Å². The second-order valence-corrected chi connectivity index (χ2v) is 7.63. The van der Waals surface area contributed by atoms with E-state index in [4.69, 9.17) is 0 Å². The fourth-order valence-corrected chi connectivity index (χ4v) is 3.62. The zero-order valence-corrected chi connectivity index (χ0v) is 18.0. The van der Waals surface area contributed by atoms with Crippen LogP contribution < -0.4 is 5.32 Å². The van der Waals surface area contributed by atoms with E-state index in [1.54, 1.807) is 31.2 Å². The highest BCUT2D eigenvalue weighted by molar-refractivity contribution is 5.93.